The highest BCUT2D eigenvalue weighted by molar-refractivity contribution is 7.07. The summed E-state index contributed by atoms with van der Waals surface area (Å²) < 4.78 is 0. The Labute approximate surface area is 94.7 Å². The second kappa shape index (κ2) is 5.31. The van der Waals surface area contributed by atoms with E-state index in [4.69, 9.17) is 0 Å². The van der Waals surface area contributed by atoms with E-state index in [1.165, 1.54) is 31.2 Å². The number of carbonyl (C=O) groups is 1. The van der Waals surface area contributed by atoms with E-state index in [0.29, 0.717) is 12.5 Å². The van der Waals surface area contributed by atoms with Crippen LogP contribution >= 0.6 is 11.3 Å². The van der Waals surface area contributed by atoms with Gasteiger partial charge in [0.25, 0.3) is 0 Å². The number of rotatable bonds is 4. The minimum atomic E-state index is 0.216. The molecule has 0 unspecified atom stereocenters. The van der Waals surface area contributed by atoms with Crippen LogP contribution in [0.3, 0.4) is 0 Å². The molecule has 0 radical (unpaired) electrons. The zero-order chi connectivity index (χ0) is 10.5. The molecule has 15 heavy (non-hydrogen) atoms. The van der Waals surface area contributed by atoms with E-state index >= 15 is 0 Å². The van der Waals surface area contributed by atoms with Crippen molar-refractivity contribution < 1.29 is 4.79 Å². The Bertz CT molecular complexity index is 301. The molecule has 1 fully saturated rings. The topological polar surface area (TPSA) is 29.1 Å². The first-order valence-electron chi connectivity index (χ1n) is 5.65. The van der Waals surface area contributed by atoms with Crippen LogP contribution in [0.2, 0.25) is 0 Å². The molecular weight excluding hydrogens is 206 g/mol. The number of carbonyl (C=O) groups excluding carboxylic acids is 1. The summed E-state index contributed by atoms with van der Waals surface area (Å²) in [6.07, 6.45) is 6.40. The summed E-state index contributed by atoms with van der Waals surface area (Å²) in [6.45, 7) is 0. The van der Waals surface area contributed by atoms with Crippen molar-refractivity contribution >= 4 is 17.2 Å². The highest BCUT2D eigenvalue weighted by atomic mass is 32.1. The van der Waals surface area contributed by atoms with E-state index in [1.807, 2.05) is 0 Å². The lowest BCUT2D eigenvalue weighted by Crippen LogP contribution is -2.32. The first-order chi connectivity index (χ1) is 7.34. The molecule has 0 aliphatic heterocycles. The second-order valence-electron chi connectivity index (χ2n) is 4.18. The third kappa shape index (κ3) is 3.34. The Hall–Kier alpha value is -0.830. The molecule has 1 saturated carbocycles. The highest BCUT2D eigenvalue weighted by Gasteiger charge is 2.16. The van der Waals surface area contributed by atoms with Gasteiger partial charge in [0, 0.05) is 12.5 Å². The minimum absolute atomic E-state index is 0.216. The van der Waals surface area contributed by atoms with Gasteiger partial charge in [-0.05, 0) is 41.7 Å². The molecule has 1 N–H and O–H groups in total. The molecule has 2 nitrogen and oxygen atoms in total. The molecule has 1 aliphatic carbocycles. The quantitative estimate of drug-likeness (QED) is 0.835. The van der Waals surface area contributed by atoms with Crippen LogP contribution in [0.25, 0.3) is 0 Å². The molecule has 1 amide bonds. The van der Waals surface area contributed by atoms with Crippen molar-refractivity contribution in [2.45, 2.75) is 44.6 Å². The summed E-state index contributed by atoms with van der Waals surface area (Å²) in [4.78, 5) is 11.6. The molecule has 2 rings (SSSR count). The maximum absolute atomic E-state index is 11.6. The first-order valence-corrected chi connectivity index (χ1v) is 6.59. The van der Waals surface area contributed by atoms with Gasteiger partial charge in [-0.15, -0.1) is 0 Å². The fourth-order valence-corrected chi connectivity index (χ4v) is 2.77. The van der Waals surface area contributed by atoms with Gasteiger partial charge < -0.3 is 5.32 Å². The van der Waals surface area contributed by atoms with Crippen LogP contribution in [-0.4, -0.2) is 11.9 Å². The van der Waals surface area contributed by atoms with Gasteiger partial charge in [-0.3, -0.25) is 4.79 Å². The van der Waals surface area contributed by atoms with Gasteiger partial charge >= 0.3 is 0 Å². The molecule has 0 aromatic carbocycles. The van der Waals surface area contributed by atoms with Gasteiger partial charge in [0.15, 0.2) is 0 Å². The molecule has 1 aromatic heterocycles. The van der Waals surface area contributed by atoms with Gasteiger partial charge in [-0.1, -0.05) is 12.8 Å². The number of hydrogen-bond acceptors (Lipinski definition) is 2. The number of hydrogen-bond donors (Lipinski definition) is 1. The standard InChI is InChI=1S/C12H17NOS/c14-12(13-11-3-1-2-4-11)6-5-10-7-8-15-9-10/h7-9,11H,1-6H2,(H,13,14). The zero-order valence-corrected chi connectivity index (χ0v) is 9.69. The van der Waals surface area contributed by atoms with Crippen LogP contribution in [0.4, 0.5) is 0 Å². The van der Waals surface area contributed by atoms with E-state index in [2.05, 4.69) is 22.1 Å². The van der Waals surface area contributed by atoms with E-state index in [1.54, 1.807) is 11.3 Å². The molecule has 1 aromatic rings. The van der Waals surface area contributed by atoms with E-state index < -0.39 is 0 Å². The monoisotopic (exact) mass is 223 g/mol. The van der Waals surface area contributed by atoms with Crippen LogP contribution in [-0.2, 0) is 11.2 Å². The number of amides is 1. The van der Waals surface area contributed by atoms with Gasteiger partial charge in [-0.2, -0.15) is 11.3 Å². The van der Waals surface area contributed by atoms with Crippen molar-refractivity contribution in [3.05, 3.63) is 22.4 Å². The van der Waals surface area contributed by atoms with Crippen LogP contribution in [0.15, 0.2) is 16.8 Å². The van der Waals surface area contributed by atoms with Gasteiger partial charge in [0.1, 0.15) is 0 Å². The Morgan fingerprint density at radius 1 is 1.47 bits per heavy atom. The Kier molecular flexibility index (Phi) is 3.78. The Balaban J connectivity index is 1.68. The normalized spacial score (nSPS) is 16.8. The largest absolute Gasteiger partial charge is 0.353 e. The predicted octanol–water partition coefficient (Wildman–Crippen LogP) is 2.74. The third-order valence-electron chi connectivity index (χ3n) is 2.94. The molecule has 3 heteroatoms. The first kappa shape index (κ1) is 10.7. The van der Waals surface area contributed by atoms with Gasteiger partial charge in [0.2, 0.25) is 5.91 Å². The number of aryl methyl sites for hydroxylation is 1. The zero-order valence-electron chi connectivity index (χ0n) is 8.87. The van der Waals surface area contributed by atoms with Crippen molar-refractivity contribution in [2.75, 3.05) is 0 Å². The third-order valence-corrected chi connectivity index (χ3v) is 3.67. The summed E-state index contributed by atoms with van der Waals surface area (Å²) >= 11 is 1.69. The van der Waals surface area contributed by atoms with Crippen molar-refractivity contribution in [1.29, 1.82) is 0 Å². The lowest BCUT2D eigenvalue weighted by Gasteiger charge is -2.11. The summed E-state index contributed by atoms with van der Waals surface area (Å²) in [5, 5.41) is 7.28. The molecule has 0 atom stereocenters. The maximum atomic E-state index is 11.6. The van der Waals surface area contributed by atoms with Crippen LogP contribution in [0, 0.1) is 0 Å². The average Bonchev–Trinajstić information content (AvgIpc) is 2.86. The molecule has 0 spiro atoms. The molecule has 1 heterocycles. The smallest absolute Gasteiger partial charge is 0.220 e. The van der Waals surface area contributed by atoms with Gasteiger partial charge in [-0.25, -0.2) is 0 Å². The van der Waals surface area contributed by atoms with Gasteiger partial charge in [0.05, 0.1) is 0 Å². The highest BCUT2D eigenvalue weighted by Crippen LogP contribution is 2.17. The van der Waals surface area contributed by atoms with Crippen LogP contribution < -0.4 is 5.32 Å². The lowest BCUT2D eigenvalue weighted by atomic mass is 10.1. The van der Waals surface area contributed by atoms with Crippen molar-refractivity contribution in [3.8, 4) is 0 Å². The molecule has 1 aliphatic rings. The molecule has 0 bridgehead atoms. The maximum Gasteiger partial charge on any atom is 0.220 e. The summed E-state index contributed by atoms with van der Waals surface area (Å²) in [7, 11) is 0. The average molecular weight is 223 g/mol. The Morgan fingerprint density at radius 2 is 2.27 bits per heavy atom. The fourth-order valence-electron chi connectivity index (χ4n) is 2.06. The number of nitrogens with one attached hydrogen (secondary N) is 1. The van der Waals surface area contributed by atoms with Crippen molar-refractivity contribution in [1.82, 2.24) is 5.32 Å². The summed E-state index contributed by atoms with van der Waals surface area (Å²) in [5.74, 6) is 0.216. The van der Waals surface area contributed by atoms with E-state index in [0.717, 1.165) is 6.42 Å². The SMILES string of the molecule is O=C(CCc1ccsc1)NC1CCCC1. The fraction of sp³-hybridized carbons (Fsp3) is 0.583. The molecular formula is C12H17NOS. The van der Waals surface area contributed by atoms with Crippen molar-refractivity contribution in [2.24, 2.45) is 0 Å². The second-order valence-corrected chi connectivity index (χ2v) is 4.96. The van der Waals surface area contributed by atoms with E-state index in [9.17, 15) is 4.79 Å². The minimum Gasteiger partial charge on any atom is -0.353 e. The molecule has 82 valence electrons. The summed E-state index contributed by atoms with van der Waals surface area (Å²) in [6, 6.07) is 2.55. The number of thiophene rings is 1. The molecule has 0 saturated heterocycles. The lowest BCUT2D eigenvalue weighted by molar-refractivity contribution is -0.121. The van der Waals surface area contributed by atoms with Crippen LogP contribution in [0.1, 0.15) is 37.7 Å². The van der Waals surface area contributed by atoms with E-state index in [-0.39, 0.29) is 5.91 Å². The summed E-state index contributed by atoms with van der Waals surface area (Å²) in [5.41, 5.74) is 1.28. The van der Waals surface area contributed by atoms with Crippen LogP contribution in [0.5, 0.6) is 0 Å². The van der Waals surface area contributed by atoms with Crippen molar-refractivity contribution in [3.63, 3.8) is 0 Å². The Morgan fingerprint density at radius 3 is 2.93 bits per heavy atom. The predicted molar refractivity (Wildman–Crippen MR) is 63.0 cm³/mol.